The van der Waals surface area contributed by atoms with Crippen LogP contribution in [0.1, 0.15) is 39.8 Å². The lowest BCUT2D eigenvalue weighted by Gasteiger charge is -2.23. The Hall–Kier alpha value is -3.17. The van der Waals surface area contributed by atoms with Gasteiger partial charge in [-0.1, -0.05) is 24.3 Å². The fraction of sp³-hybridized carbons (Fsp3) is 0.292. The Morgan fingerprint density at radius 2 is 1.70 bits per heavy atom. The topological polar surface area (TPSA) is 88.7 Å². The Morgan fingerprint density at radius 3 is 2.30 bits per heavy atom. The summed E-state index contributed by atoms with van der Waals surface area (Å²) in [5.41, 5.74) is 2.92. The molecule has 3 rings (SSSR count). The minimum atomic E-state index is -4.20. The first-order valence-corrected chi connectivity index (χ1v) is 11.9. The van der Waals surface area contributed by atoms with Crippen molar-refractivity contribution in [3.05, 3.63) is 82.4 Å². The van der Waals surface area contributed by atoms with E-state index in [0.29, 0.717) is 22.6 Å². The molecule has 2 aromatic carbocycles. The minimum absolute atomic E-state index is 0.00703. The van der Waals surface area contributed by atoms with E-state index >= 15 is 0 Å². The van der Waals surface area contributed by atoms with Gasteiger partial charge in [-0.15, -0.1) is 0 Å². The maximum absolute atomic E-state index is 14.5. The monoisotopic (exact) mass is 474 g/mol. The summed E-state index contributed by atoms with van der Waals surface area (Å²) in [5, 5.41) is 0. The van der Waals surface area contributed by atoms with E-state index in [4.69, 9.17) is 9.47 Å². The molecule has 0 saturated carbocycles. The maximum Gasteiger partial charge on any atom is 0.355 e. The van der Waals surface area contributed by atoms with Gasteiger partial charge in [0.1, 0.15) is 22.2 Å². The zero-order chi connectivity index (χ0) is 24.2. The molecule has 9 heteroatoms. The van der Waals surface area contributed by atoms with Gasteiger partial charge in [-0.25, -0.2) is 17.6 Å². The van der Waals surface area contributed by atoms with Gasteiger partial charge in [0.25, 0.3) is 0 Å². The number of H-pyrrole nitrogens is 1. The summed E-state index contributed by atoms with van der Waals surface area (Å²) in [6.07, 6.45) is 0. The van der Waals surface area contributed by atoms with E-state index in [1.54, 1.807) is 52.1 Å². The molecule has 0 unspecified atom stereocenters. The van der Waals surface area contributed by atoms with Gasteiger partial charge in [0.05, 0.1) is 20.3 Å². The molecule has 7 nitrogen and oxygen atoms in total. The highest BCUT2D eigenvalue weighted by atomic mass is 32.2. The molecule has 1 N–H and O–H groups in total. The number of hydrogen-bond donors (Lipinski definition) is 1. The van der Waals surface area contributed by atoms with Gasteiger partial charge in [0.2, 0.25) is 10.0 Å². The second-order valence-corrected chi connectivity index (χ2v) is 9.41. The largest absolute Gasteiger partial charge is 0.497 e. The van der Waals surface area contributed by atoms with E-state index in [0.717, 1.165) is 11.6 Å². The molecular formula is C24H27FN2O5S. The molecule has 0 saturated heterocycles. The summed E-state index contributed by atoms with van der Waals surface area (Å²) in [6.45, 7) is 5.39. The number of sulfonamides is 1. The third kappa shape index (κ3) is 5.26. The summed E-state index contributed by atoms with van der Waals surface area (Å²) in [4.78, 5) is 14.9. The minimum Gasteiger partial charge on any atom is -0.497 e. The number of carbonyl (C=O) groups is 1. The Kier molecular flexibility index (Phi) is 7.55. The van der Waals surface area contributed by atoms with Crippen LogP contribution in [0, 0.1) is 19.7 Å². The van der Waals surface area contributed by atoms with Crippen molar-refractivity contribution < 1.29 is 27.1 Å². The number of benzene rings is 2. The van der Waals surface area contributed by atoms with Crippen molar-refractivity contribution in [2.24, 2.45) is 0 Å². The van der Waals surface area contributed by atoms with Gasteiger partial charge in [0.15, 0.2) is 0 Å². The number of carbonyl (C=O) groups excluding carboxylic acids is 1. The van der Waals surface area contributed by atoms with Crippen molar-refractivity contribution >= 4 is 16.0 Å². The molecule has 0 radical (unpaired) electrons. The van der Waals surface area contributed by atoms with Crippen molar-refractivity contribution in [1.29, 1.82) is 0 Å². The molecule has 0 atom stereocenters. The van der Waals surface area contributed by atoms with Gasteiger partial charge >= 0.3 is 5.97 Å². The Balaban J connectivity index is 2.03. The highest BCUT2D eigenvalue weighted by Gasteiger charge is 2.29. The lowest BCUT2D eigenvalue weighted by atomic mass is 10.1. The molecule has 0 bridgehead atoms. The third-order valence-corrected chi connectivity index (χ3v) is 7.28. The third-order valence-electron chi connectivity index (χ3n) is 5.45. The molecule has 3 aromatic rings. The van der Waals surface area contributed by atoms with E-state index in [1.807, 2.05) is 0 Å². The normalized spacial score (nSPS) is 11.6. The fourth-order valence-electron chi connectivity index (χ4n) is 3.45. The molecule has 0 amide bonds. The molecule has 33 heavy (non-hydrogen) atoms. The highest BCUT2D eigenvalue weighted by Crippen LogP contribution is 2.26. The van der Waals surface area contributed by atoms with E-state index < -0.39 is 26.7 Å². The standard InChI is InChI=1S/C24H27FN2O5S/c1-5-32-24(28)23-17(3)16(2)21(26-23)15-27(14-18-10-12-19(31-4)13-11-18)33(29,30)22-9-7-6-8-20(22)25/h6-13,26H,5,14-15H2,1-4H3. The Morgan fingerprint density at radius 1 is 1.03 bits per heavy atom. The van der Waals surface area contributed by atoms with Crippen LogP contribution in [0.3, 0.4) is 0 Å². The Labute approximate surface area is 193 Å². The SMILES string of the molecule is CCOC(=O)c1[nH]c(CN(Cc2ccc(OC)cc2)S(=O)(=O)c2ccccc2F)c(C)c1C. The molecule has 0 aliphatic rings. The predicted molar refractivity (Wildman–Crippen MR) is 122 cm³/mol. The molecular weight excluding hydrogens is 447 g/mol. The number of aromatic amines is 1. The summed E-state index contributed by atoms with van der Waals surface area (Å²) in [6, 6.07) is 12.2. The molecule has 0 fully saturated rings. The van der Waals surface area contributed by atoms with Crippen LogP contribution < -0.4 is 4.74 Å². The van der Waals surface area contributed by atoms with Gasteiger partial charge < -0.3 is 14.5 Å². The molecule has 1 aromatic heterocycles. The second kappa shape index (κ2) is 10.2. The maximum atomic E-state index is 14.5. The molecule has 176 valence electrons. The van der Waals surface area contributed by atoms with Crippen LogP contribution in [0.25, 0.3) is 0 Å². The molecule has 0 aliphatic carbocycles. The summed E-state index contributed by atoms with van der Waals surface area (Å²) in [7, 11) is -2.66. The fourth-order valence-corrected chi connectivity index (χ4v) is 4.91. The van der Waals surface area contributed by atoms with Gasteiger partial charge in [-0.3, -0.25) is 0 Å². The average molecular weight is 475 g/mol. The van der Waals surface area contributed by atoms with Crippen LogP contribution in [0.2, 0.25) is 0 Å². The van der Waals surface area contributed by atoms with E-state index in [2.05, 4.69) is 4.98 Å². The first-order chi connectivity index (χ1) is 15.7. The van der Waals surface area contributed by atoms with Crippen LogP contribution in [0.5, 0.6) is 5.75 Å². The number of esters is 1. The van der Waals surface area contributed by atoms with E-state index in [9.17, 15) is 17.6 Å². The Bertz CT molecular complexity index is 1240. The number of nitrogens with one attached hydrogen (secondary N) is 1. The summed E-state index contributed by atoms with van der Waals surface area (Å²) in [5.74, 6) is -0.705. The van der Waals surface area contributed by atoms with E-state index in [-0.39, 0.29) is 25.4 Å². The number of methoxy groups -OCH3 is 1. The van der Waals surface area contributed by atoms with Crippen molar-refractivity contribution in [2.75, 3.05) is 13.7 Å². The van der Waals surface area contributed by atoms with Crippen LogP contribution in [0.15, 0.2) is 53.4 Å². The number of rotatable bonds is 9. The van der Waals surface area contributed by atoms with Crippen molar-refractivity contribution in [3.63, 3.8) is 0 Å². The zero-order valence-corrected chi connectivity index (χ0v) is 19.8. The molecule has 0 spiro atoms. The van der Waals surface area contributed by atoms with E-state index in [1.165, 1.54) is 22.5 Å². The number of halogens is 1. The number of aromatic nitrogens is 1. The zero-order valence-electron chi connectivity index (χ0n) is 19.0. The van der Waals surface area contributed by atoms with Crippen molar-refractivity contribution in [2.45, 2.75) is 38.8 Å². The summed E-state index contributed by atoms with van der Waals surface area (Å²) < 4.78 is 52.9. The van der Waals surface area contributed by atoms with Gasteiger partial charge in [0, 0.05) is 12.2 Å². The summed E-state index contributed by atoms with van der Waals surface area (Å²) >= 11 is 0. The smallest absolute Gasteiger partial charge is 0.355 e. The van der Waals surface area contributed by atoms with Gasteiger partial charge in [-0.05, 0) is 61.7 Å². The lowest BCUT2D eigenvalue weighted by molar-refractivity contribution is 0.0519. The predicted octanol–water partition coefficient (Wildman–Crippen LogP) is 4.35. The first-order valence-electron chi connectivity index (χ1n) is 10.4. The highest BCUT2D eigenvalue weighted by molar-refractivity contribution is 7.89. The van der Waals surface area contributed by atoms with Crippen LogP contribution in [-0.2, 0) is 27.8 Å². The van der Waals surface area contributed by atoms with Crippen molar-refractivity contribution in [3.8, 4) is 5.75 Å². The second-order valence-electron chi connectivity index (χ2n) is 7.50. The average Bonchev–Trinajstić information content (AvgIpc) is 3.08. The van der Waals surface area contributed by atoms with Crippen LogP contribution in [-0.4, -0.2) is 37.4 Å². The number of ether oxygens (including phenoxy) is 2. The number of nitrogens with zero attached hydrogens (tertiary/aromatic N) is 1. The first kappa shape index (κ1) is 24.5. The van der Waals surface area contributed by atoms with Crippen LogP contribution in [0.4, 0.5) is 4.39 Å². The van der Waals surface area contributed by atoms with Gasteiger partial charge in [-0.2, -0.15) is 4.31 Å². The van der Waals surface area contributed by atoms with Crippen molar-refractivity contribution in [1.82, 2.24) is 9.29 Å². The molecule has 1 heterocycles. The molecule has 0 aliphatic heterocycles. The van der Waals surface area contributed by atoms with Crippen LogP contribution >= 0.6 is 0 Å². The quantitative estimate of drug-likeness (QED) is 0.466. The lowest BCUT2D eigenvalue weighted by Crippen LogP contribution is -2.31. The number of hydrogen-bond acceptors (Lipinski definition) is 5.